The molecule has 1 heterocycles. The van der Waals surface area contributed by atoms with Gasteiger partial charge in [-0.3, -0.25) is 0 Å². The third kappa shape index (κ3) is 2.66. The van der Waals surface area contributed by atoms with Gasteiger partial charge < -0.3 is 4.90 Å². The van der Waals surface area contributed by atoms with Crippen LogP contribution in [0.2, 0.25) is 0 Å². The molecule has 0 N–H and O–H groups in total. The zero-order chi connectivity index (χ0) is 13.3. The first-order valence-corrected chi connectivity index (χ1v) is 7.08. The quantitative estimate of drug-likeness (QED) is 0.720. The molecule has 2 rings (SSSR count). The molecule has 1 atom stereocenters. The highest BCUT2D eigenvalue weighted by Crippen LogP contribution is 2.36. The van der Waals surface area contributed by atoms with E-state index in [4.69, 9.17) is 0 Å². The summed E-state index contributed by atoms with van der Waals surface area (Å²) in [6.45, 7) is 2.89. The first-order chi connectivity index (χ1) is 8.43. The van der Waals surface area contributed by atoms with Crippen LogP contribution in [0.25, 0.3) is 0 Å². The number of anilines is 1. The minimum absolute atomic E-state index is 0.220. The highest BCUT2D eigenvalue weighted by atomic mass is 79.9. The molecule has 0 amide bonds. The highest BCUT2D eigenvalue weighted by Gasteiger charge is 2.34. The average Bonchev–Trinajstić information content (AvgIpc) is 2.73. The average molecular weight is 322 g/mol. The zero-order valence-corrected chi connectivity index (χ0v) is 11.7. The van der Waals surface area contributed by atoms with Crippen molar-refractivity contribution in [2.75, 3.05) is 11.4 Å². The Bertz CT molecular complexity index is 431. The van der Waals surface area contributed by atoms with E-state index in [1.54, 1.807) is 12.1 Å². The van der Waals surface area contributed by atoms with Gasteiger partial charge in [0, 0.05) is 23.6 Å². The summed E-state index contributed by atoms with van der Waals surface area (Å²) in [5.41, 5.74) is 0.436. The fraction of sp³-hybridized carbons (Fsp3) is 0.538. The van der Waals surface area contributed by atoms with Crippen LogP contribution in [0.4, 0.5) is 18.9 Å². The van der Waals surface area contributed by atoms with Gasteiger partial charge in [0.05, 0.1) is 5.56 Å². The maximum absolute atomic E-state index is 13.0. The number of hydrogen-bond acceptors (Lipinski definition) is 1. The second-order valence-electron chi connectivity index (χ2n) is 4.66. The van der Waals surface area contributed by atoms with E-state index in [2.05, 4.69) is 22.9 Å². The van der Waals surface area contributed by atoms with Gasteiger partial charge in [-0.1, -0.05) is 22.0 Å². The maximum atomic E-state index is 13.0. The second kappa shape index (κ2) is 5.11. The van der Waals surface area contributed by atoms with E-state index in [0.29, 0.717) is 11.7 Å². The van der Waals surface area contributed by atoms with Gasteiger partial charge in [0.2, 0.25) is 0 Å². The van der Waals surface area contributed by atoms with E-state index in [-0.39, 0.29) is 10.9 Å². The number of alkyl halides is 4. The van der Waals surface area contributed by atoms with Crippen molar-refractivity contribution in [3.8, 4) is 0 Å². The molecule has 5 heteroatoms. The van der Waals surface area contributed by atoms with Crippen molar-refractivity contribution < 1.29 is 13.2 Å². The Morgan fingerprint density at radius 3 is 2.61 bits per heavy atom. The lowest BCUT2D eigenvalue weighted by molar-refractivity contribution is -0.138. The van der Waals surface area contributed by atoms with Gasteiger partial charge in [-0.25, -0.2) is 0 Å². The Labute approximate surface area is 113 Å². The summed E-state index contributed by atoms with van der Waals surface area (Å²) in [4.78, 5) is 2.05. The SMILES string of the molecule is CC1CCCN1c1ccc(CBr)c(C(F)(F)F)c1. The summed E-state index contributed by atoms with van der Waals surface area (Å²) >= 11 is 3.11. The molecule has 1 unspecified atom stereocenters. The third-order valence-electron chi connectivity index (χ3n) is 3.43. The van der Waals surface area contributed by atoms with Crippen LogP contribution in [-0.4, -0.2) is 12.6 Å². The molecule has 0 aromatic heterocycles. The Hall–Kier alpha value is -0.710. The van der Waals surface area contributed by atoms with Crippen molar-refractivity contribution in [1.29, 1.82) is 0 Å². The summed E-state index contributed by atoms with van der Waals surface area (Å²) in [7, 11) is 0. The van der Waals surface area contributed by atoms with Crippen LogP contribution in [0.3, 0.4) is 0 Å². The summed E-state index contributed by atoms with van der Waals surface area (Å²) in [5, 5.41) is 0.220. The molecule has 0 radical (unpaired) electrons. The number of benzene rings is 1. The van der Waals surface area contributed by atoms with Crippen LogP contribution in [0.1, 0.15) is 30.9 Å². The molecule has 0 spiro atoms. The molecule has 1 aromatic carbocycles. The molecule has 100 valence electrons. The second-order valence-corrected chi connectivity index (χ2v) is 5.22. The van der Waals surface area contributed by atoms with Gasteiger partial charge >= 0.3 is 6.18 Å². The molecule has 0 aliphatic carbocycles. The van der Waals surface area contributed by atoms with Gasteiger partial charge in [-0.15, -0.1) is 0 Å². The van der Waals surface area contributed by atoms with Crippen LogP contribution in [0.5, 0.6) is 0 Å². The van der Waals surface area contributed by atoms with Crippen molar-refractivity contribution in [2.24, 2.45) is 0 Å². The molecule has 1 aromatic rings. The van der Waals surface area contributed by atoms with Gasteiger partial charge in [0.15, 0.2) is 0 Å². The normalized spacial score (nSPS) is 20.5. The lowest BCUT2D eigenvalue weighted by atomic mass is 10.1. The fourth-order valence-corrected chi connectivity index (χ4v) is 2.93. The molecular formula is C13H15BrF3N. The minimum Gasteiger partial charge on any atom is -0.369 e. The smallest absolute Gasteiger partial charge is 0.369 e. The van der Waals surface area contributed by atoms with Crippen molar-refractivity contribution in [3.05, 3.63) is 29.3 Å². The lowest BCUT2D eigenvalue weighted by Gasteiger charge is -2.25. The Morgan fingerprint density at radius 1 is 1.39 bits per heavy atom. The van der Waals surface area contributed by atoms with Crippen LogP contribution in [-0.2, 0) is 11.5 Å². The van der Waals surface area contributed by atoms with Crippen LogP contribution < -0.4 is 4.90 Å². The molecule has 1 fully saturated rings. The summed E-state index contributed by atoms with van der Waals surface area (Å²) in [6.07, 6.45) is -2.20. The van der Waals surface area contributed by atoms with Crippen LogP contribution >= 0.6 is 15.9 Å². The summed E-state index contributed by atoms with van der Waals surface area (Å²) in [5.74, 6) is 0. The standard InChI is InChI=1S/C13H15BrF3N/c1-9-3-2-6-18(9)11-5-4-10(8-14)12(7-11)13(15,16)17/h4-5,7,9H,2-3,6,8H2,1H3. The molecule has 0 bridgehead atoms. The van der Waals surface area contributed by atoms with Gasteiger partial charge in [-0.05, 0) is 37.5 Å². The summed E-state index contributed by atoms with van der Waals surface area (Å²) in [6, 6.07) is 4.95. The molecule has 18 heavy (non-hydrogen) atoms. The minimum atomic E-state index is -4.29. The van der Waals surface area contributed by atoms with Gasteiger partial charge in [0.1, 0.15) is 0 Å². The van der Waals surface area contributed by atoms with Crippen LogP contribution in [0, 0.1) is 0 Å². The van der Waals surface area contributed by atoms with Crippen LogP contribution in [0.15, 0.2) is 18.2 Å². The third-order valence-corrected chi connectivity index (χ3v) is 4.03. The van der Waals surface area contributed by atoms with E-state index in [9.17, 15) is 13.2 Å². The van der Waals surface area contributed by atoms with E-state index in [1.807, 2.05) is 4.90 Å². The Balaban J connectivity index is 2.39. The van der Waals surface area contributed by atoms with E-state index >= 15 is 0 Å². The predicted molar refractivity (Wildman–Crippen MR) is 70.1 cm³/mol. The number of hydrogen-bond donors (Lipinski definition) is 0. The predicted octanol–water partition coefficient (Wildman–Crippen LogP) is 4.59. The van der Waals surface area contributed by atoms with E-state index < -0.39 is 11.7 Å². The maximum Gasteiger partial charge on any atom is 0.416 e. The van der Waals surface area contributed by atoms with Crippen molar-refractivity contribution in [3.63, 3.8) is 0 Å². The monoisotopic (exact) mass is 321 g/mol. The first-order valence-electron chi connectivity index (χ1n) is 5.96. The van der Waals surface area contributed by atoms with Crippen molar-refractivity contribution in [2.45, 2.75) is 37.3 Å². The first kappa shape index (κ1) is 13.7. The van der Waals surface area contributed by atoms with E-state index in [1.165, 1.54) is 6.07 Å². The lowest BCUT2D eigenvalue weighted by Crippen LogP contribution is -2.26. The number of halogens is 4. The van der Waals surface area contributed by atoms with Gasteiger partial charge in [0.25, 0.3) is 0 Å². The largest absolute Gasteiger partial charge is 0.416 e. The fourth-order valence-electron chi connectivity index (χ4n) is 2.44. The number of rotatable bonds is 2. The highest BCUT2D eigenvalue weighted by molar-refractivity contribution is 9.08. The number of nitrogens with zero attached hydrogens (tertiary/aromatic N) is 1. The molecule has 1 nitrogen and oxygen atoms in total. The topological polar surface area (TPSA) is 3.24 Å². The molecule has 1 aliphatic heterocycles. The molecular weight excluding hydrogens is 307 g/mol. The Morgan fingerprint density at radius 2 is 2.11 bits per heavy atom. The zero-order valence-electron chi connectivity index (χ0n) is 10.1. The van der Waals surface area contributed by atoms with Crippen molar-refractivity contribution >= 4 is 21.6 Å². The van der Waals surface area contributed by atoms with E-state index in [0.717, 1.165) is 19.4 Å². The molecule has 1 aliphatic rings. The Kier molecular flexibility index (Phi) is 3.90. The molecule has 1 saturated heterocycles. The van der Waals surface area contributed by atoms with Gasteiger partial charge in [-0.2, -0.15) is 13.2 Å². The molecule has 0 saturated carbocycles. The summed E-state index contributed by atoms with van der Waals surface area (Å²) < 4.78 is 38.9. The van der Waals surface area contributed by atoms with Crippen molar-refractivity contribution in [1.82, 2.24) is 0 Å².